The molecule has 4 rings (SSSR count). The van der Waals surface area contributed by atoms with Crippen LogP contribution in [0.5, 0.6) is 0 Å². The Balaban J connectivity index is 1.21. The van der Waals surface area contributed by atoms with E-state index < -0.39 is 0 Å². The minimum atomic E-state index is -0.206. The Morgan fingerprint density at radius 1 is 0.923 bits per heavy atom. The number of carbonyl (C=O) groups excluding carboxylic acids is 1. The molecule has 3 aliphatic rings. The van der Waals surface area contributed by atoms with Gasteiger partial charge in [0.1, 0.15) is 5.82 Å². The molecule has 3 fully saturated rings. The van der Waals surface area contributed by atoms with Crippen molar-refractivity contribution in [2.75, 3.05) is 31.5 Å². The molecule has 4 nitrogen and oxygen atoms in total. The first-order valence-electron chi connectivity index (χ1n) is 10.2. The third-order valence-corrected chi connectivity index (χ3v) is 6.51. The molecule has 142 valence electrons. The topological polar surface area (TPSA) is 35.6 Å². The van der Waals surface area contributed by atoms with E-state index in [-0.39, 0.29) is 11.7 Å². The zero-order valence-corrected chi connectivity index (χ0v) is 15.5. The minimum Gasteiger partial charge on any atom is -0.382 e. The molecule has 2 saturated carbocycles. The molecule has 0 spiro atoms. The second-order valence-corrected chi connectivity index (χ2v) is 8.15. The van der Waals surface area contributed by atoms with Crippen molar-refractivity contribution in [2.24, 2.45) is 5.92 Å². The van der Waals surface area contributed by atoms with Crippen LogP contribution in [0.15, 0.2) is 24.3 Å². The van der Waals surface area contributed by atoms with Crippen molar-refractivity contribution in [1.82, 2.24) is 9.80 Å². The Morgan fingerprint density at radius 3 is 2.15 bits per heavy atom. The lowest BCUT2D eigenvalue weighted by Gasteiger charge is -2.44. The second-order valence-electron chi connectivity index (χ2n) is 8.15. The van der Waals surface area contributed by atoms with Gasteiger partial charge in [0.05, 0.1) is 0 Å². The molecule has 1 aromatic carbocycles. The average molecular weight is 359 g/mol. The van der Waals surface area contributed by atoms with Gasteiger partial charge in [-0.05, 0) is 62.8 Å². The van der Waals surface area contributed by atoms with Crippen LogP contribution in [0.2, 0.25) is 0 Å². The normalized spacial score (nSPS) is 27.8. The van der Waals surface area contributed by atoms with Crippen LogP contribution in [0, 0.1) is 11.7 Å². The van der Waals surface area contributed by atoms with Gasteiger partial charge in [-0.25, -0.2) is 4.39 Å². The van der Waals surface area contributed by atoms with Crippen LogP contribution >= 0.6 is 0 Å². The monoisotopic (exact) mass is 359 g/mol. The predicted molar refractivity (Wildman–Crippen MR) is 102 cm³/mol. The summed E-state index contributed by atoms with van der Waals surface area (Å²) in [6, 6.07) is 7.73. The Labute approximate surface area is 155 Å². The number of anilines is 1. The van der Waals surface area contributed by atoms with Crippen LogP contribution in [-0.2, 0) is 4.79 Å². The van der Waals surface area contributed by atoms with Gasteiger partial charge < -0.3 is 10.2 Å². The first-order chi connectivity index (χ1) is 12.7. The number of amides is 1. The molecule has 0 radical (unpaired) electrons. The van der Waals surface area contributed by atoms with Gasteiger partial charge in [-0.1, -0.05) is 6.42 Å². The van der Waals surface area contributed by atoms with Crippen molar-refractivity contribution in [3.8, 4) is 0 Å². The van der Waals surface area contributed by atoms with Crippen molar-refractivity contribution < 1.29 is 9.18 Å². The fourth-order valence-electron chi connectivity index (χ4n) is 4.58. The largest absolute Gasteiger partial charge is 0.382 e. The molecule has 1 N–H and O–H groups in total. The van der Waals surface area contributed by atoms with Crippen molar-refractivity contribution in [1.29, 1.82) is 0 Å². The molecule has 1 amide bonds. The van der Waals surface area contributed by atoms with Crippen molar-refractivity contribution in [3.63, 3.8) is 0 Å². The summed E-state index contributed by atoms with van der Waals surface area (Å²) in [5.74, 6) is 0.359. The van der Waals surface area contributed by atoms with E-state index in [2.05, 4.69) is 15.1 Å². The van der Waals surface area contributed by atoms with Crippen LogP contribution in [0.25, 0.3) is 0 Å². The van der Waals surface area contributed by atoms with Crippen LogP contribution < -0.4 is 5.32 Å². The van der Waals surface area contributed by atoms with E-state index in [4.69, 9.17) is 0 Å². The summed E-state index contributed by atoms with van der Waals surface area (Å²) in [5.41, 5.74) is 0.966. The van der Waals surface area contributed by atoms with Crippen LogP contribution in [0.3, 0.4) is 0 Å². The molecule has 26 heavy (non-hydrogen) atoms. The summed E-state index contributed by atoms with van der Waals surface area (Å²) in [6.07, 6.45) is 8.00. The Morgan fingerprint density at radius 2 is 1.58 bits per heavy atom. The number of piperazine rings is 1. The van der Waals surface area contributed by atoms with Crippen LogP contribution in [0.1, 0.15) is 44.9 Å². The molecular formula is C21H30FN3O. The summed E-state index contributed by atoms with van der Waals surface area (Å²) in [7, 11) is 0. The molecular weight excluding hydrogens is 329 g/mol. The Kier molecular flexibility index (Phi) is 5.44. The lowest BCUT2D eigenvalue weighted by Crippen LogP contribution is -2.54. The first kappa shape index (κ1) is 17.8. The average Bonchev–Trinajstić information content (AvgIpc) is 2.63. The quantitative estimate of drug-likeness (QED) is 0.894. The number of nitrogens with zero attached hydrogens (tertiary/aromatic N) is 2. The first-order valence-corrected chi connectivity index (χ1v) is 10.2. The number of carbonyl (C=O) groups is 1. The van der Waals surface area contributed by atoms with E-state index in [1.54, 1.807) is 12.1 Å². The fourth-order valence-corrected chi connectivity index (χ4v) is 4.58. The summed E-state index contributed by atoms with van der Waals surface area (Å²) in [6.45, 7) is 3.92. The highest BCUT2D eigenvalue weighted by Gasteiger charge is 2.33. The molecule has 2 aliphatic carbocycles. The van der Waals surface area contributed by atoms with Gasteiger partial charge in [-0.15, -0.1) is 0 Å². The minimum absolute atomic E-state index is 0.191. The van der Waals surface area contributed by atoms with Gasteiger partial charge in [0.25, 0.3) is 0 Å². The zero-order chi connectivity index (χ0) is 17.9. The van der Waals surface area contributed by atoms with Crippen molar-refractivity contribution in [2.45, 2.75) is 57.0 Å². The molecule has 0 unspecified atom stereocenters. The molecule has 0 atom stereocenters. The maximum absolute atomic E-state index is 13.0. The molecule has 0 bridgehead atoms. The van der Waals surface area contributed by atoms with E-state index in [9.17, 15) is 9.18 Å². The van der Waals surface area contributed by atoms with Gasteiger partial charge in [0, 0.05) is 49.9 Å². The molecule has 1 saturated heterocycles. The van der Waals surface area contributed by atoms with Crippen LogP contribution in [0.4, 0.5) is 10.1 Å². The molecule has 1 heterocycles. The van der Waals surface area contributed by atoms with Crippen LogP contribution in [-0.4, -0.2) is 54.0 Å². The third-order valence-electron chi connectivity index (χ3n) is 6.51. The molecule has 5 heteroatoms. The van der Waals surface area contributed by atoms with Gasteiger partial charge in [0.2, 0.25) is 5.91 Å². The van der Waals surface area contributed by atoms with E-state index in [1.165, 1.54) is 31.4 Å². The zero-order valence-electron chi connectivity index (χ0n) is 15.5. The van der Waals surface area contributed by atoms with E-state index >= 15 is 0 Å². The molecule has 1 aromatic rings. The number of hydrogen-bond acceptors (Lipinski definition) is 3. The summed E-state index contributed by atoms with van der Waals surface area (Å²) in [4.78, 5) is 17.5. The fraction of sp³-hybridized carbons (Fsp3) is 0.667. The number of halogens is 1. The second kappa shape index (κ2) is 7.95. The molecule has 0 aromatic heterocycles. The maximum Gasteiger partial charge on any atom is 0.225 e. The Hall–Kier alpha value is -1.62. The van der Waals surface area contributed by atoms with Crippen molar-refractivity contribution in [3.05, 3.63) is 30.1 Å². The smallest absolute Gasteiger partial charge is 0.225 e. The lowest BCUT2D eigenvalue weighted by atomic mass is 9.84. The SMILES string of the molecule is O=C(C1CCC(Nc2ccc(F)cc2)CC1)N1CCN(C2CCC2)CC1. The van der Waals surface area contributed by atoms with Gasteiger partial charge >= 0.3 is 0 Å². The number of nitrogens with one attached hydrogen (secondary N) is 1. The predicted octanol–water partition coefficient (Wildman–Crippen LogP) is 3.49. The number of rotatable bonds is 4. The Bertz CT molecular complexity index is 600. The summed E-state index contributed by atoms with van der Waals surface area (Å²) < 4.78 is 13.0. The highest BCUT2D eigenvalue weighted by Crippen LogP contribution is 2.30. The highest BCUT2D eigenvalue weighted by molar-refractivity contribution is 5.79. The maximum atomic E-state index is 13.0. The van der Waals surface area contributed by atoms with Gasteiger partial charge in [0.15, 0.2) is 0 Å². The summed E-state index contributed by atoms with van der Waals surface area (Å²) in [5, 5.41) is 3.48. The summed E-state index contributed by atoms with van der Waals surface area (Å²) >= 11 is 0. The van der Waals surface area contributed by atoms with Gasteiger partial charge in [-0.2, -0.15) is 0 Å². The number of benzene rings is 1. The lowest BCUT2D eigenvalue weighted by molar-refractivity contribution is -0.139. The standard InChI is InChI=1S/C21H30FN3O/c22-17-6-10-19(11-7-17)23-18-8-4-16(5-9-18)21(26)25-14-12-24(13-15-25)20-2-1-3-20/h6-7,10-11,16,18,20,23H,1-5,8-9,12-15H2. The van der Waals surface area contributed by atoms with E-state index in [0.29, 0.717) is 11.9 Å². The van der Waals surface area contributed by atoms with Gasteiger partial charge in [-0.3, -0.25) is 9.69 Å². The van der Waals surface area contributed by atoms with E-state index in [0.717, 1.165) is 63.6 Å². The number of hydrogen-bond donors (Lipinski definition) is 1. The highest BCUT2D eigenvalue weighted by atomic mass is 19.1. The third kappa shape index (κ3) is 4.03. The van der Waals surface area contributed by atoms with Crippen molar-refractivity contribution >= 4 is 11.6 Å². The van der Waals surface area contributed by atoms with E-state index in [1.807, 2.05) is 0 Å². The molecule has 1 aliphatic heterocycles.